The lowest BCUT2D eigenvalue weighted by molar-refractivity contribution is -0.117. The average Bonchev–Trinajstić information content (AvgIpc) is 3.55. The lowest BCUT2D eigenvalue weighted by Crippen LogP contribution is -2.22. The summed E-state index contributed by atoms with van der Waals surface area (Å²) in [6, 6.07) is 3.46. The van der Waals surface area contributed by atoms with E-state index in [4.69, 9.17) is 9.10 Å². The molecule has 8 nitrogen and oxygen atoms in total. The Bertz CT molecular complexity index is 1340. The molecule has 1 aliphatic carbocycles. The number of thiazole rings is 1. The van der Waals surface area contributed by atoms with Crippen LogP contribution in [0.25, 0.3) is 11.3 Å². The number of Topliss-reactive ketones (excluding diaryl/α,β-unsaturated/α-hetero) is 1. The van der Waals surface area contributed by atoms with Crippen molar-refractivity contribution in [1.29, 1.82) is 0 Å². The fraction of sp³-hybridized carbons (Fsp3) is 0.348. The molecule has 0 radical (unpaired) electrons. The Labute approximate surface area is 194 Å². The SMILES string of the molecule is [2H]C([2H])([2H])CC(=O)c1cnc(NC(=O)C2CC2)cc1Nc1nccc2c1N(C)Cc1sc(C)nc1-2. The highest BCUT2D eigenvalue weighted by Gasteiger charge is 2.30. The highest BCUT2D eigenvalue weighted by molar-refractivity contribution is 7.12. The number of fused-ring (bicyclic) bond motifs is 3. The molecule has 0 unspecified atom stereocenters. The minimum absolute atomic E-state index is 0.0164. The van der Waals surface area contributed by atoms with Gasteiger partial charge in [-0.05, 0) is 25.8 Å². The van der Waals surface area contributed by atoms with Crippen molar-refractivity contribution in [2.24, 2.45) is 5.92 Å². The molecule has 32 heavy (non-hydrogen) atoms. The Hall–Kier alpha value is -3.33. The van der Waals surface area contributed by atoms with Gasteiger partial charge in [0.1, 0.15) is 5.82 Å². The molecule has 4 heterocycles. The molecule has 5 rings (SSSR count). The fourth-order valence-corrected chi connectivity index (χ4v) is 4.85. The molecule has 9 heteroatoms. The Balaban J connectivity index is 1.54. The van der Waals surface area contributed by atoms with Crippen LogP contribution >= 0.6 is 11.3 Å². The number of hydrogen-bond donors (Lipinski definition) is 2. The Kier molecular flexibility index (Phi) is 4.30. The first kappa shape index (κ1) is 17.3. The van der Waals surface area contributed by atoms with Crippen molar-refractivity contribution in [3.8, 4) is 11.3 Å². The minimum atomic E-state index is -2.42. The van der Waals surface area contributed by atoms with E-state index in [9.17, 15) is 9.59 Å². The monoisotopic (exact) mass is 451 g/mol. The van der Waals surface area contributed by atoms with Gasteiger partial charge in [-0.3, -0.25) is 9.59 Å². The van der Waals surface area contributed by atoms with Crippen molar-refractivity contribution in [3.05, 3.63) is 40.0 Å². The number of anilines is 4. The number of aryl methyl sites for hydroxylation is 1. The van der Waals surface area contributed by atoms with Crippen LogP contribution in [-0.4, -0.2) is 33.7 Å². The molecule has 164 valence electrons. The van der Waals surface area contributed by atoms with Crippen molar-refractivity contribution < 1.29 is 13.7 Å². The summed E-state index contributed by atoms with van der Waals surface area (Å²) >= 11 is 1.65. The molecule has 0 aromatic carbocycles. The zero-order chi connectivity index (χ0) is 24.9. The number of ketones is 1. The Morgan fingerprint density at radius 2 is 2.19 bits per heavy atom. The maximum absolute atomic E-state index is 12.9. The van der Waals surface area contributed by atoms with Crippen LogP contribution in [0.4, 0.5) is 23.0 Å². The summed E-state index contributed by atoms with van der Waals surface area (Å²) in [7, 11) is 1.96. The van der Waals surface area contributed by atoms with Gasteiger partial charge >= 0.3 is 0 Å². The molecule has 2 N–H and O–H groups in total. The summed E-state index contributed by atoms with van der Waals surface area (Å²) in [6.45, 7) is 0.217. The number of rotatable bonds is 6. The molecule has 3 aromatic rings. The highest BCUT2D eigenvalue weighted by Crippen LogP contribution is 2.44. The van der Waals surface area contributed by atoms with Crippen LogP contribution in [0.5, 0.6) is 0 Å². The second-order valence-corrected chi connectivity index (χ2v) is 9.31. The number of nitrogens with one attached hydrogen (secondary N) is 2. The van der Waals surface area contributed by atoms with E-state index in [1.807, 2.05) is 20.0 Å². The van der Waals surface area contributed by atoms with Crippen LogP contribution in [0.2, 0.25) is 0 Å². The number of carbonyl (C=O) groups excluding carboxylic acids is 2. The van der Waals surface area contributed by atoms with Gasteiger partial charge in [0.2, 0.25) is 5.91 Å². The first-order valence-corrected chi connectivity index (χ1v) is 11.2. The van der Waals surface area contributed by atoms with Gasteiger partial charge in [-0.2, -0.15) is 0 Å². The van der Waals surface area contributed by atoms with Crippen molar-refractivity contribution in [1.82, 2.24) is 15.0 Å². The topological polar surface area (TPSA) is 100 Å². The molecule has 0 spiro atoms. The van der Waals surface area contributed by atoms with Gasteiger partial charge in [0, 0.05) is 47.5 Å². The molecular formula is C23H24N6O2S. The van der Waals surface area contributed by atoms with E-state index in [0.29, 0.717) is 18.1 Å². The second-order valence-electron chi connectivity index (χ2n) is 8.02. The molecule has 0 bridgehead atoms. The molecule has 0 atom stereocenters. The lowest BCUT2D eigenvalue weighted by Gasteiger charge is -2.28. The maximum atomic E-state index is 12.9. The quantitative estimate of drug-likeness (QED) is 0.531. The van der Waals surface area contributed by atoms with Crippen LogP contribution in [-0.2, 0) is 11.3 Å². The molecule has 1 amide bonds. The second kappa shape index (κ2) is 7.98. The summed E-state index contributed by atoms with van der Waals surface area (Å²) in [5, 5.41) is 6.98. The summed E-state index contributed by atoms with van der Waals surface area (Å²) in [5.41, 5.74) is 3.10. The largest absolute Gasteiger partial charge is 0.366 e. The lowest BCUT2D eigenvalue weighted by atomic mass is 10.0. The molecule has 3 aromatic heterocycles. The number of hydrogen-bond acceptors (Lipinski definition) is 8. The van der Waals surface area contributed by atoms with E-state index in [1.165, 1.54) is 6.20 Å². The summed E-state index contributed by atoms with van der Waals surface area (Å²) in [5.74, 6) is 0.0691. The van der Waals surface area contributed by atoms with E-state index < -0.39 is 19.1 Å². The number of aromatic nitrogens is 3. The van der Waals surface area contributed by atoms with Gasteiger partial charge < -0.3 is 15.5 Å². The first-order valence-electron chi connectivity index (χ1n) is 11.9. The van der Waals surface area contributed by atoms with Gasteiger partial charge in [-0.25, -0.2) is 15.0 Å². The molecular weight excluding hydrogens is 424 g/mol. The van der Waals surface area contributed by atoms with Crippen molar-refractivity contribution in [3.63, 3.8) is 0 Å². The zero-order valence-electron chi connectivity index (χ0n) is 20.7. The van der Waals surface area contributed by atoms with Crippen molar-refractivity contribution in [2.75, 3.05) is 22.6 Å². The molecule has 1 saturated carbocycles. The van der Waals surface area contributed by atoms with Gasteiger partial charge in [-0.15, -0.1) is 11.3 Å². The van der Waals surface area contributed by atoms with Crippen LogP contribution in [0.1, 0.15) is 50.5 Å². The fourth-order valence-electron chi connectivity index (χ4n) is 3.85. The van der Waals surface area contributed by atoms with E-state index in [-0.39, 0.29) is 23.2 Å². The maximum Gasteiger partial charge on any atom is 0.228 e. The van der Waals surface area contributed by atoms with Gasteiger partial charge in [-0.1, -0.05) is 6.85 Å². The van der Waals surface area contributed by atoms with Crippen LogP contribution in [0, 0.1) is 12.8 Å². The number of amides is 1. The van der Waals surface area contributed by atoms with Crippen LogP contribution in [0.15, 0.2) is 24.5 Å². The third-order valence-electron chi connectivity index (χ3n) is 5.56. The van der Waals surface area contributed by atoms with Crippen molar-refractivity contribution in [2.45, 2.75) is 39.6 Å². The molecule has 0 saturated heterocycles. The summed E-state index contributed by atoms with van der Waals surface area (Å²) in [6.07, 6.45) is 4.03. The third kappa shape index (κ3) is 3.73. The number of carbonyl (C=O) groups is 2. The first-order chi connectivity index (χ1) is 16.6. The van der Waals surface area contributed by atoms with Crippen molar-refractivity contribution >= 4 is 46.0 Å². The standard InChI is InChI=1S/C23H24N6O2S/c1-4-17(30)15-10-25-19(28-23(31)13-5-6-13)9-16(15)27-22-21-14(7-8-24-22)20-18(11-29(21)3)32-12(2)26-20/h7-10,13H,4-6,11H2,1-3H3,(H2,24,25,27,28,31)/i1D3. The van der Waals surface area contributed by atoms with E-state index in [1.54, 1.807) is 23.6 Å². The normalized spacial score (nSPS) is 16.3. The highest BCUT2D eigenvalue weighted by atomic mass is 32.1. The summed E-state index contributed by atoms with van der Waals surface area (Å²) in [4.78, 5) is 41.8. The zero-order valence-corrected chi connectivity index (χ0v) is 18.5. The predicted octanol–water partition coefficient (Wildman–Crippen LogP) is 4.54. The third-order valence-corrected chi connectivity index (χ3v) is 6.52. The van der Waals surface area contributed by atoms with Crippen LogP contribution < -0.4 is 15.5 Å². The molecule has 2 aliphatic rings. The van der Waals surface area contributed by atoms with Crippen LogP contribution in [0.3, 0.4) is 0 Å². The number of pyridine rings is 2. The van der Waals surface area contributed by atoms with Gasteiger partial charge in [0.25, 0.3) is 0 Å². The van der Waals surface area contributed by atoms with Gasteiger partial charge in [0.05, 0.1) is 39.1 Å². The number of nitrogens with zero attached hydrogens (tertiary/aromatic N) is 4. The average molecular weight is 452 g/mol. The van der Waals surface area contributed by atoms with Gasteiger partial charge in [0.15, 0.2) is 11.6 Å². The molecule has 1 fully saturated rings. The van der Waals surface area contributed by atoms with E-state index in [0.717, 1.165) is 39.7 Å². The predicted molar refractivity (Wildman–Crippen MR) is 126 cm³/mol. The Morgan fingerprint density at radius 3 is 2.97 bits per heavy atom. The van der Waals surface area contributed by atoms with E-state index >= 15 is 0 Å². The molecule has 1 aliphatic heterocycles. The van der Waals surface area contributed by atoms with E-state index in [2.05, 4.69) is 25.5 Å². The Morgan fingerprint density at radius 1 is 1.34 bits per heavy atom. The smallest absolute Gasteiger partial charge is 0.228 e. The minimum Gasteiger partial charge on any atom is -0.366 e. The summed E-state index contributed by atoms with van der Waals surface area (Å²) < 4.78 is 22.5.